The predicted octanol–water partition coefficient (Wildman–Crippen LogP) is 0.0815. The Labute approximate surface area is 121 Å². The van der Waals surface area contributed by atoms with E-state index in [-0.39, 0.29) is 23.0 Å². The monoisotopic (exact) mass is 283 g/mol. The Morgan fingerprint density at radius 2 is 1.89 bits per heavy atom. The van der Waals surface area contributed by atoms with E-state index < -0.39 is 0 Å². The molecule has 0 aromatic heterocycles. The highest BCUT2D eigenvalue weighted by Gasteiger charge is 2.27. The van der Waals surface area contributed by atoms with Crippen molar-refractivity contribution in [2.75, 3.05) is 13.6 Å². The number of nitrogens with zero attached hydrogens (tertiary/aromatic N) is 1. The molecule has 0 saturated heterocycles. The van der Waals surface area contributed by atoms with Gasteiger partial charge in [-0.1, -0.05) is 43.8 Å². The van der Waals surface area contributed by atoms with Crippen molar-refractivity contribution in [2.24, 2.45) is 0 Å². The van der Waals surface area contributed by atoms with E-state index in [1.54, 1.807) is 6.92 Å². The molecule has 0 fully saturated rings. The van der Waals surface area contributed by atoms with Crippen LogP contribution < -0.4 is 12.4 Å². The summed E-state index contributed by atoms with van der Waals surface area (Å²) in [6, 6.07) is 10.0. The first-order valence-electron chi connectivity index (χ1n) is 6.25. The molecule has 19 heavy (non-hydrogen) atoms. The third kappa shape index (κ3) is 5.90. The molecule has 4 heteroatoms. The fourth-order valence-corrected chi connectivity index (χ4v) is 1.88. The van der Waals surface area contributed by atoms with Crippen molar-refractivity contribution in [1.29, 1.82) is 0 Å². The minimum Gasteiger partial charge on any atom is -1.00 e. The Balaban J connectivity index is 0.00000324. The zero-order valence-corrected chi connectivity index (χ0v) is 12.6. The first kappa shape index (κ1) is 17.7. The van der Waals surface area contributed by atoms with E-state index in [0.29, 0.717) is 12.1 Å². The van der Waals surface area contributed by atoms with Gasteiger partial charge in [0.2, 0.25) is 0 Å². The van der Waals surface area contributed by atoms with Crippen molar-refractivity contribution in [3.63, 3.8) is 0 Å². The van der Waals surface area contributed by atoms with Gasteiger partial charge in [-0.25, -0.2) is 4.79 Å². The van der Waals surface area contributed by atoms with E-state index in [2.05, 4.69) is 13.5 Å². The lowest BCUT2D eigenvalue weighted by atomic mass is 10.2. The fourth-order valence-electron chi connectivity index (χ4n) is 1.88. The number of benzene rings is 1. The van der Waals surface area contributed by atoms with Gasteiger partial charge < -0.3 is 12.4 Å². The molecule has 0 aliphatic carbocycles. The molecule has 0 bridgehead atoms. The van der Waals surface area contributed by atoms with Crippen LogP contribution in [0.4, 0.5) is 0 Å². The van der Waals surface area contributed by atoms with Gasteiger partial charge in [-0.3, -0.25) is 4.84 Å². The van der Waals surface area contributed by atoms with Crippen molar-refractivity contribution in [3.05, 3.63) is 48.0 Å². The highest BCUT2D eigenvalue weighted by Crippen LogP contribution is 2.15. The van der Waals surface area contributed by atoms with Gasteiger partial charge in [0.05, 0.1) is 0 Å². The maximum atomic E-state index is 11.7. The molecular weight excluding hydrogens is 262 g/mol. The SMILES string of the molecule is C=C(C)C(=O)O[N+](C)(CCC)Cc1ccccc1.[Cl-]. The Morgan fingerprint density at radius 1 is 1.32 bits per heavy atom. The largest absolute Gasteiger partial charge is 1.00 e. The topological polar surface area (TPSA) is 26.3 Å². The molecule has 1 atom stereocenters. The van der Waals surface area contributed by atoms with Gasteiger partial charge in [-0.05, 0) is 13.3 Å². The Morgan fingerprint density at radius 3 is 2.37 bits per heavy atom. The maximum Gasteiger partial charge on any atom is 0.392 e. The first-order chi connectivity index (χ1) is 8.47. The average molecular weight is 284 g/mol. The van der Waals surface area contributed by atoms with Crippen molar-refractivity contribution in [3.8, 4) is 0 Å². The predicted molar refractivity (Wildman–Crippen MR) is 72.4 cm³/mol. The second kappa shape index (κ2) is 7.97. The van der Waals surface area contributed by atoms with Crippen LogP contribution in [0.5, 0.6) is 0 Å². The number of rotatable bonds is 6. The van der Waals surface area contributed by atoms with Crippen LogP contribution in [-0.2, 0) is 16.2 Å². The summed E-state index contributed by atoms with van der Waals surface area (Å²) in [5, 5.41) is 0. The Hall–Kier alpha value is -1.32. The highest BCUT2D eigenvalue weighted by molar-refractivity contribution is 5.86. The summed E-state index contributed by atoms with van der Waals surface area (Å²) in [7, 11) is 1.93. The molecule has 0 aliphatic rings. The molecule has 1 rings (SSSR count). The number of carbonyl (C=O) groups excluding carboxylic acids is 1. The van der Waals surface area contributed by atoms with Gasteiger partial charge in [-0.15, -0.1) is 4.65 Å². The normalized spacial score (nSPS) is 13.0. The summed E-state index contributed by atoms with van der Waals surface area (Å²) in [6.07, 6.45) is 0.951. The summed E-state index contributed by atoms with van der Waals surface area (Å²) in [4.78, 5) is 17.2. The van der Waals surface area contributed by atoms with E-state index in [4.69, 9.17) is 4.84 Å². The van der Waals surface area contributed by atoms with Crippen LogP contribution >= 0.6 is 0 Å². The molecule has 3 nitrogen and oxygen atoms in total. The number of hydrogen-bond donors (Lipinski definition) is 0. The second-order valence-corrected chi connectivity index (χ2v) is 4.82. The summed E-state index contributed by atoms with van der Waals surface area (Å²) in [6.45, 7) is 8.83. The molecule has 0 aliphatic heterocycles. The maximum absolute atomic E-state index is 11.7. The lowest BCUT2D eigenvalue weighted by Gasteiger charge is -2.30. The van der Waals surface area contributed by atoms with E-state index >= 15 is 0 Å². The molecule has 0 N–H and O–H groups in total. The second-order valence-electron chi connectivity index (χ2n) is 4.82. The number of quaternary nitrogens is 1. The van der Waals surface area contributed by atoms with Gasteiger partial charge in [0, 0.05) is 11.1 Å². The van der Waals surface area contributed by atoms with Crippen molar-refractivity contribution in [1.82, 2.24) is 0 Å². The van der Waals surface area contributed by atoms with Crippen LogP contribution in [-0.4, -0.2) is 24.2 Å². The van der Waals surface area contributed by atoms with Crippen LogP contribution in [0, 0.1) is 0 Å². The zero-order chi connectivity index (χ0) is 13.6. The number of hydroxylamine groups is 3. The molecular formula is C15H22ClNO2. The average Bonchev–Trinajstić information content (AvgIpc) is 2.29. The molecule has 106 valence electrons. The quantitative estimate of drug-likeness (QED) is 0.420. The molecule has 0 spiro atoms. The summed E-state index contributed by atoms with van der Waals surface area (Å²) in [5.74, 6) is -0.332. The van der Waals surface area contributed by atoms with Gasteiger partial charge in [0.15, 0.2) is 0 Å². The molecule has 0 heterocycles. The Kier molecular flexibility index (Phi) is 7.42. The van der Waals surface area contributed by atoms with Gasteiger partial charge in [0.25, 0.3) is 0 Å². The van der Waals surface area contributed by atoms with E-state index in [1.165, 1.54) is 0 Å². The smallest absolute Gasteiger partial charge is 0.392 e. The van der Waals surface area contributed by atoms with Crippen LogP contribution in [0.15, 0.2) is 42.5 Å². The van der Waals surface area contributed by atoms with E-state index in [1.807, 2.05) is 37.4 Å². The molecule has 0 radical (unpaired) electrons. The number of carbonyl (C=O) groups is 1. The number of hydrogen-bond acceptors (Lipinski definition) is 2. The van der Waals surface area contributed by atoms with Crippen LogP contribution in [0.3, 0.4) is 0 Å². The standard InChI is InChI=1S/C15H22NO2.ClH/c1-5-11-16(4,18-15(17)13(2)3)12-14-9-7-6-8-10-14;/h6-10H,2,5,11-12H2,1,3-4H3;1H/q+1;/p-1. The molecule has 0 amide bonds. The highest BCUT2D eigenvalue weighted by atomic mass is 35.5. The third-order valence-electron chi connectivity index (χ3n) is 2.71. The molecule has 1 unspecified atom stereocenters. The minimum absolute atomic E-state index is 0. The van der Waals surface area contributed by atoms with E-state index in [0.717, 1.165) is 18.5 Å². The lowest BCUT2D eigenvalue weighted by Crippen LogP contribution is -3.00. The molecule has 0 saturated carbocycles. The first-order valence-corrected chi connectivity index (χ1v) is 6.25. The van der Waals surface area contributed by atoms with E-state index in [9.17, 15) is 4.79 Å². The number of halogens is 1. The Bertz CT molecular complexity index is 419. The zero-order valence-electron chi connectivity index (χ0n) is 11.9. The third-order valence-corrected chi connectivity index (χ3v) is 2.71. The van der Waals surface area contributed by atoms with Crippen molar-refractivity contribution in [2.45, 2.75) is 26.8 Å². The van der Waals surface area contributed by atoms with Gasteiger partial charge >= 0.3 is 5.97 Å². The van der Waals surface area contributed by atoms with Crippen LogP contribution in [0.2, 0.25) is 0 Å². The lowest BCUT2D eigenvalue weighted by molar-refractivity contribution is -1.08. The van der Waals surface area contributed by atoms with Gasteiger partial charge in [0.1, 0.15) is 20.1 Å². The van der Waals surface area contributed by atoms with Crippen molar-refractivity contribution >= 4 is 5.97 Å². The molecule has 1 aromatic rings. The van der Waals surface area contributed by atoms with Crippen molar-refractivity contribution < 1.29 is 26.7 Å². The molecule has 1 aromatic carbocycles. The fraction of sp³-hybridized carbons (Fsp3) is 0.400. The van der Waals surface area contributed by atoms with Crippen LogP contribution in [0.25, 0.3) is 0 Å². The summed E-state index contributed by atoms with van der Waals surface area (Å²) in [5.41, 5.74) is 1.59. The summed E-state index contributed by atoms with van der Waals surface area (Å²) >= 11 is 0. The van der Waals surface area contributed by atoms with Gasteiger partial charge in [-0.2, -0.15) is 0 Å². The van der Waals surface area contributed by atoms with Crippen LogP contribution in [0.1, 0.15) is 25.8 Å². The summed E-state index contributed by atoms with van der Waals surface area (Å²) < 4.78 is 0.256. The minimum atomic E-state index is -0.332.